The number of benzene rings is 1. The first-order valence-electron chi connectivity index (χ1n) is 6.70. The molecule has 3 heteroatoms. The second kappa shape index (κ2) is 4.69. The maximum absolute atomic E-state index is 12.3. The number of halogens is 1. The Bertz CT molecular complexity index is 485. The molecule has 0 aliphatic heterocycles. The normalized spacial score (nSPS) is 29.6. The zero-order valence-corrected chi connectivity index (χ0v) is 12.2. The smallest absolute Gasteiger partial charge is 0.227 e. The summed E-state index contributed by atoms with van der Waals surface area (Å²) in [6.45, 7) is 2.04. The van der Waals surface area contributed by atoms with Crippen molar-refractivity contribution in [3.8, 4) is 0 Å². The van der Waals surface area contributed by atoms with Gasteiger partial charge in [0.25, 0.3) is 0 Å². The van der Waals surface area contributed by atoms with Crippen LogP contribution in [0.2, 0.25) is 0 Å². The lowest BCUT2D eigenvalue weighted by atomic mass is 9.88. The van der Waals surface area contributed by atoms with Gasteiger partial charge < -0.3 is 5.32 Å². The molecular formula is C15H18BrNO. The average Bonchev–Trinajstić information content (AvgIpc) is 2.96. The lowest BCUT2D eigenvalue weighted by molar-refractivity contribution is -0.121. The number of hydrogen-bond acceptors (Lipinski definition) is 1. The SMILES string of the molecule is Cc1ccc(Br)c(NC(=O)C2CC3CCC2C3)c1. The minimum atomic E-state index is 0.216. The molecule has 0 spiro atoms. The van der Waals surface area contributed by atoms with Crippen molar-refractivity contribution < 1.29 is 4.79 Å². The van der Waals surface area contributed by atoms with Crippen molar-refractivity contribution in [2.24, 2.45) is 17.8 Å². The number of nitrogens with one attached hydrogen (secondary N) is 1. The van der Waals surface area contributed by atoms with Crippen molar-refractivity contribution >= 4 is 27.5 Å². The van der Waals surface area contributed by atoms with Gasteiger partial charge in [0.05, 0.1) is 5.69 Å². The number of aryl methyl sites for hydroxylation is 1. The van der Waals surface area contributed by atoms with E-state index in [-0.39, 0.29) is 11.8 Å². The molecule has 2 nitrogen and oxygen atoms in total. The van der Waals surface area contributed by atoms with Gasteiger partial charge in [0.2, 0.25) is 5.91 Å². The van der Waals surface area contributed by atoms with Crippen LogP contribution in [0.5, 0.6) is 0 Å². The fourth-order valence-corrected chi connectivity index (χ4v) is 3.87. The molecule has 1 aromatic rings. The van der Waals surface area contributed by atoms with Gasteiger partial charge in [-0.3, -0.25) is 4.79 Å². The highest BCUT2D eigenvalue weighted by atomic mass is 79.9. The molecule has 1 aromatic carbocycles. The van der Waals surface area contributed by atoms with E-state index in [0.29, 0.717) is 5.92 Å². The number of hydrogen-bond donors (Lipinski definition) is 1. The molecule has 0 aromatic heterocycles. The molecule has 2 aliphatic carbocycles. The topological polar surface area (TPSA) is 29.1 Å². The number of fused-ring (bicyclic) bond motifs is 2. The highest BCUT2D eigenvalue weighted by Crippen LogP contribution is 2.48. The van der Waals surface area contributed by atoms with E-state index in [2.05, 4.69) is 21.2 Å². The van der Waals surface area contributed by atoms with Crippen molar-refractivity contribution in [1.29, 1.82) is 0 Å². The third-order valence-electron chi connectivity index (χ3n) is 4.45. The van der Waals surface area contributed by atoms with Gasteiger partial charge in [0.15, 0.2) is 0 Å². The Hall–Kier alpha value is -0.830. The molecule has 18 heavy (non-hydrogen) atoms. The molecule has 1 N–H and O–H groups in total. The summed E-state index contributed by atoms with van der Waals surface area (Å²) < 4.78 is 0.963. The molecule has 0 saturated heterocycles. The number of rotatable bonds is 2. The zero-order chi connectivity index (χ0) is 12.7. The monoisotopic (exact) mass is 307 g/mol. The third kappa shape index (κ3) is 2.20. The molecule has 1 amide bonds. The van der Waals surface area contributed by atoms with Crippen molar-refractivity contribution in [2.75, 3.05) is 5.32 Å². The Morgan fingerprint density at radius 2 is 2.17 bits per heavy atom. The summed E-state index contributed by atoms with van der Waals surface area (Å²) in [5.74, 6) is 1.91. The van der Waals surface area contributed by atoms with Crippen LogP contribution in [0.1, 0.15) is 31.2 Å². The first kappa shape index (κ1) is 12.2. The van der Waals surface area contributed by atoms with Crippen molar-refractivity contribution in [3.63, 3.8) is 0 Å². The van der Waals surface area contributed by atoms with Crippen LogP contribution in [-0.4, -0.2) is 5.91 Å². The van der Waals surface area contributed by atoms with E-state index in [1.807, 2.05) is 25.1 Å². The zero-order valence-electron chi connectivity index (χ0n) is 10.6. The summed E-state index contributed by atoms with van der Waals surface area (Å²) in [5, 5.41) is 3.09. The van der Waals surface area contributed by atoms with Gasteiger partial charge in [0.1, 0.15) is 0 Å². The van der Waals surface area contributed by atoms with Crippen LogP contribution in [-0.2, 0) is 4.79 Å². The Kier molecular flexibility index (Phi) is 3.18. The Labute approximate surface area is 116 Å². The van der Waals surface area contributed by atoms with E-state index in [1.54, 1.807) is 0 Å². The summed E-state index contributed by atoms with van der Waals surface area (Å²) in [4.78, 5) is 12.3. The Morgan fingerprint density at radius 1 is 1.33 bits per heavy atom. The number of anilines is 1. The number of carbonyl (C=O) groups excluding carboxylic acids is 1. The summed E-state index contributed by atoms with van der Waals surface area (Å²) in [6, 6.07) is 6.05. The molecular weight excluding hydrogens is 290 g/mol. The van der Waals surface area contributed by atoms with Crippen LogP contribution in [0.15, 0.2) is 22.7 Å². The van der Waals surface area contributed by atoms with Gasteiger partial charge in [-0.25, -0.2) is 0 Å². The third-order valence-corrected chi connectivity index (χ3v) is 5.15. The fraction of sp³-hybridized carbons (Fsp3) is 0.533. The fourth-order valence-electron chi connectivity index (χ4n) is 3.53. The lowest BCUT2D eigenvalue weighted by Gasteiger charge is -2.21. The summed E-state index contributed by atoms with van der Waals surface area (Å²) in [6.07, 6.45) is 4.95. The van der Waals surface area contributed by atoms with Crippen LogP contribution >= 0.6 is 15.9 Å². The molecule has 2 aliphatic rings. The van der Waals surface area contributed by atoms with Crippen molar-refractivity contribution in [2.45, 2.75) is 32.6 Å². The Balaban J connectivity index is 1.72. The maximum atomic E-state index is 12.3. The largest absolute Gasteiger partial charge is 0.325 e. The van der Waals surface area contributed by atoms with Crippen molar-refractivity contribution in [1.82, 2.24) is 0 Å². The van der Waals surface area contributed by atoms with Crippen LogP contribution in [0.4, 0.5) is 5.69 Å². The highest BCUT2D eigenvalue weighted by Gasteiger charge is 2.43. The van der Waals surface area contributed by atoms with Crippen LogP contribution in [0, 0.1) is 24.7 Å². The van der Waals surface area contributed by atoms with E-state index < -0.39 is 0 Å². The van der Waals surface area contributed by atoms with Crippen molar-refractivity contribution in [3.05, 3.63) is 28.2 Å². The van der Waals surface area contributed by atoms with Gasteiger partial charge in [0, 0.05) is 10.4 Å². The molecule has 0 radical (unpaired) electrons. The van der Waals surface area contributed by atoms with Gasteiger partial charge in [-0.05, 0) is 71.6 Å². The molecule has 3 unspecified atom stereocenters. The predicted molar refractivity (Wildman–Crippen MR) is 76.4 cm³/mol. The Morgan fingerprint density at radius 3 is 2.83 bits per heavy atom. The minimum absolute atomic E-state index is 0.216. The molecule has 3 atom stereocenters. The summed E-state index contributed by atoms with van der Waals surface area (Å²) in [7, 11) is 0. The van der Waals surface area contributed by atoms with E-state index >= 15 is 0 Å². The standard InChI is InChI=1S/C15H18BrNO/c1-9-2-5-13(16)14(6-9)17-15(18)12-8-10-3-4-11(12)7-10/h2,5-6,10-12H,3-4,7-8H2,1H3,(H,17,18). The number of amides is 1. The van der Waals surface area contributed by atoms with Crippen LogP contribution in [0.3, 0.4) is 0 Å². The van der Waals surface area contributed by atoms with Crippen LogP contribution < -0.4 is 5.32 Å². The first-order valence-corrected chi connectivity index (χ1v) is 7.50. The predicted octanol–water partition coefficient (Wildman–Crippen LogP) is 4.13. The highest BCUT2D eigenvalue weighted by molar-refractivity contribution is 9.10. The number of carbonyl (C=O) groups is 1. The first-order chi connectivity index (χ1) is 8.63. The molecule has 2 bridgehead atoms. The molecule has 3 rings (SSSR count). The van der Waals surface area contributed by atoms with E-state index in [9.17, 15) is 4.79 Å². The van der Waals surface area contributed by atoms with Gasteiger partial charge in [-0.1, -0.05) is 12.5 Å². The quantitative estimate of drug-likeness (QED) is 0.874. The van der Waals surface area contributed by atoms with Gasteiger partial charge in [-0.2, -0.15) is 0 Å². The molecule has 0 heterocycles. The van der Waals surface area contributed by atoms with E-state index in [1.165, 1.54) is 24.8 Å². The minimum Gasteiger partial charge on any atom is -0.325 e. The summed E-state index contributed by atoms with van der Waals surface area (Å²) >= 11 is 3.49. The van der Waals surface area contributed by atoms with Gasteiger partial charge >= 0.3 is 0 Å². The lowest BCUT2D eigenvalue weighted by Crippen LogP contribution is -2.27. The molecule has 96 valence electrons. The summed E-state index contributed by atoms with van der Waals surface area (Å²) in [5.41, 5.74) is 2.07. The average molecular weight is 308 g/mol. The van der Waals surface area contributed by atoms with E-state index in [0.717, 1.165) is 22.5 Å². The second-order valence-corrected chi connectivity index (χ2v) is 6.61. The molecule has 2 fully saturated rings. The molecule has 2 saturated carbocycles. The maximum Gasteiger partial charge on any atom is 0.227 e. The second-order valence-electron chi connectivity index (χ2n) is 5.75. The van der Waals surface area contributed by atoms with Crippen LogP contribution in [0.25, 0.3) is 0 Å². The van der Waals surface area contributed by atoms with E-state index in [4.69, 9.17) is 0 Å². The van der Waals surface area contributed by atoms with Gasteiger partial charge in [-0.15, -0.1) is 0 Å².